The van der Waals surface area contributed by atoms with Crippen molar-refractivity contribution in [2.45, 2.75) is 97.5 Å². The molecular formula is C26H43NO5. The lowest BCUT2D eigenvalue weighted by Gasteiger charge is -2.17. The molecule has 0 spiro atoms. The Hall–Kier alpha value is -2.08. The van der Waals surface area contributed by atoms with Crippen LogP contribution >= 0.6 is 0 Å². The molecule has 0 fully saturated rings. The summed E-state index contributed by atoms with van der Waals surface area (Å²) in [4.78, 5) is 22.4. The molecule has 1 atom stereocenters. The van der Waals surface area contributed by atoms with Crippen LogP contribution < -0.4 is 5.32 Å². The van der Waals surface area contributed by atoms with Crippen LogP contribution in [0.25, 0.3) is 0 Å². The first-order chi connectivity index (χ1) is 15.2. The highest BCUT2D eigenvalue weighted by molar-refractivity contribution is 5.90. The average molecular weight is 450 g/mol. The monoisotopic (exact) mass is 449 g/mol. The molecule has 0 bridgehead atoms. The lowest BCUT2D eigenvalue weighted by molar-refractivity contribution is -0.148. The van der Waals surface area contributed by atoms with Crippen LogP contribution in [-0.2, 0) is 9.53 Å². The van der Waals surface area contributed by atoms with Crippen molar-refractivity contribution in [3.63, 3.8) is 0 Å². The normalized spacial score (nSPS) is 12.4. The number of anilines is 1. The molecule has 0 radical (unpaired) electrons. The van der Waals surface area contributed by atoms with Gasteiger partial charge in [0.1, 0.15) is 6.61 Å². The summed E-state index contributed by atoms with van der Waals surface area (Å²) < 4.78 is 4.79. The number of carbonyl (C=O) groups is 2. The highest BCUT2D eigenvalue weighted by atomic mass is 16.5. The zero-order valence-electron chi connectivity index (χ0n) is 20.2. The number of aliphatic hydroxyl groups excluding tert-OH is 1. The van der Waals surface area contributed by atoms with Crippen LogP contribution in [0, 0.1) is 5.41 Å². The molecule has 0 aliphatic heterocycles. The van der Waals surface area contributed by atoms with E-state index in [-0.39, 0.29) is 0 Å². The van der Waals surface area contributed by atoms with Crippen molar-refractivity contribution in [1.29, 1.82) is 0 Å². The molecule has 6 nitrogen and oxygen atoms in total. The molecule has 1 unspecified atom stereocenters. The zero-order valence-corrected chi connectivity index (χ0v) is 20.2. The molecule has 1 aromatic carbocycles. The number of nitrogens with one attached hydrogen (secondary N) is 1. The van der Waals surface area contributed by atoms with E-state index in [1.54, 1.807) is 24.3 Å². The van der Waals surface area contributed by atoms with Gasteiger partial charge in [-0.05, 0) is 42.5 Å². The summed E-state index contributed by atoms with van der Waals surface area (Å²) in [5.74, 6) is -2.07. The van der Waals surface area contributed by atoms with Gasteiger partial charge >= 0.3 is 11.9 Å². The Kier molecular flexibility index (Phi) is 13.7. The van der Waals surface area contributed by atoms with Gasteiger partial charge in [-0.1, -0.05) is 78.6 Å². The van der Waals surface area contributed by atoms with Crippen molar-refractivity contribution in [1.82, 2.24) is 0 Å². The molecule has 0 aliphatic rings. The topological polar surface area (TPSA) is 95.9 Å². The van der Waals surface area contributed by atoms with Crippen molar-refractivity contribution >= 4 is 17.6 Å². The Morgan fingerprint density at radius 1 is 0.875 bits per heavy atom. The minimum absolute atomic E-state index is 0.322. The molecule has 3 N–H and O–H groups in total. The number of hydrogen-bond acceptors (Lipinski definition) is 5. The van der Waals surface area contributed by atoms with Crippen LogP contribution in [0.4, 0.5) is 5.69 Å². The van der Waals surface area contributed by atoms with E-state index >= 15 is 0 Å². The van der Waals surface area contributed by atoms with E-state index in [0.717, 1.165) is 18.7 Å². The molecular weight excluding hydrogens is 406 g/mol. The summed E-state index contributed by atoms with van der Waals surface area (Å²) in [6.07, 6.45) is 12.7. The van der Waals surface area contributed by atoms with Crippen LogP contribution in [0.3, 0.4) is 0 Å². The van der Waals surface area contributed by atoms with Crippen LogP contribution in [0.2, 0.25) is 0 Å². The van der Waals surface area contributed by atoms with Crippen molar-refractivity contribution in [2.24, 2.45) is 5.41 Å². The van der Waals surface area contributed by atoms with Gasteiger partial charge in [-0.25, -0.2) is 9.59 Å². The first-order valence-corrected chi connectivity index (χ1v) is 12.1. The van der Waals surface area contributed by atoms with Crippen molar-refractivity contribution < 1.29 is 24.5 Å². The van der Waals surface area contributed by atoms with E-state index < -0.39 is 24.6 Å². The first-order valence-electron chi connectivity index (χ1n) is 12.1. The van der Waals surface area contributed by atoms with Crippen LogP contribution in [-0.4, -0.2) is 41.4 Å². The van der Waals surface area contributed by atoms with E-state index in [9.17, 15) is 9.59 Å². The average Bonchev–Trinajstić information content (AvgIpc) is 2.74. The van der Waals surface area contributed by atoms with Gasteiger partial charge in [-0.2, -0.15) is 0 Å². The van der Waals surface area contributed by atoms with Crippen LogP contribution in [0.1, 0.15) is 102 Å². The van der Waals surface area contributed by atoms with Gasteiger partial charge in [-0.15, -0.1) is 0 Å². The first kappa shape index (κ1) is 28.0. The molecule has 1 aromatic rings. The number of esters is 1. The lowest BCUT2D eigenvalue weighted by Crippen LogP contribution is -2.26. The maximum atomic E-state index is 11.8. The van der Waals surface area contributed by atoms with Crippen LogP contribution in [0.15, 0.2) is 24.3 Å². The van der Waals surface area contributed by atoms with Crippen molar-refractivity contribution in [3.05, 3.63) is 29.8 Å². The highest BCUT2D eigenvalue weighted by Gasteiger charge is 2.16. The van der Waals surface area contributed by atoms with E-state index in [1.807, 2.05) is 0 Å². The molecule has 182 valence electrons. The Morgan fingerprint density at radius 3 is 1.88 bits per heavy atom. The molecule has 1 rings (SSSR count). The quantitative estimate of drug-likeness (QED) is 0.198. The van der Waals surface area contributed by atoms with Gasteiger partial charge in [-0.3, -0.25) is 0 Å². The maximum absolute atomic E-state index is 11.8. The summed E-state index contributed by atoms with van der Waals surface area (Å²) in [5.41, 5.74) is 1.73. The molecule has 0 aromatic heterocycles. The Labute approximate surface area is 193 Å². The number of rotatable bonds is 17. The standard InChI is InChI=1S/C26H43NO5/c1-26(2,3)18-12-10-8-6-4-5-7-9-11-13-19-27-22-16-14-21(15-17-22)25(31)32-20-23(28)24(29)30/h14-17,23,27-28H,4-13,18-20H2,1-3H3,(H,29,30). The highest BCUT2D eigenvalue weighted by Crippen LogP contribution is 2.22. The number of unbranched alkanes of at least 4 members (excludes halogenated alkanes) is 9. The maximum Gasteiger partial charge on any atom is 0.338 e. The van der Waals surface area contributed by atoms with E-state index in [2.05, 4.69) is 26.1 Å². The van der Waals surface area contributed by atoms with Gasteiger partial charge in [0.15, 0.2) is 6.10 Å². The Balaban J connectivity index is 2.01. The number of hydrogen-bond donors (Lipinski definition) is 3. The second-order valence-corrected chi connectivity index (χ2v) is 9.80. The summed E-state index contributed by atoms with van der Waals surface area (Å²) in [6.45, 7) is 7.28. The number of aliphatic hydroxyl groups is 1. The second kappa shape index (κ2) is 15.7. The molecule has 0 saturated heterocycles. The van der Waals surface area contributed by atoms with E-state index in [0.29, 0.717) is 11.0 Å². The number of benzene rings is 1. The summed E-state index contributed by atoms with van der Waals surface area (Å²) in [5, 5.41) is 21.1. The molecule has 6 heteroatoms. The van der Waals surface area contributed by atoms with Crippen molar-refractivity contribution in [3.8, 4) is 0 Å². The molecule has 0 saturated carbocycles. The minimum atomic E-state index is -1.71. The number of carboxylic acid groups (broad SMARTS) is 1. The van der Waals surface area contributed by atoms with E-state index in [1.165, 1.54) is 64.2 Å². The number of ether oxygens (including phenoxy) is 1. The van der Waals surface area contributed by atoms with Crippen molar-refractivity contribution in [2.75, 3.05) is 18.5 Å². The summed E-state index contributed by atoms with van der Waals surface area (Å²) in [6, 6.07) is 6.85. The summed E-state index contributed by atoms with van der Waals surface area (Å²) >= 11 is 0. The fraction of sp³-hybridized carbons (Fsp3) is 0.692. The summed E-state index contributed by atoms with van der Waals surface area (Å²) in [7, 11) is 0. The fourth-order valence-electron chi connectivity index (χ4n) is 3.46. The number of aliphatic carboxylic acids is 1. The smallest absolute Gasteiger partial charge is 0.338 e. The van der Waals surface area contributed by atoms with E-state index in [4.69, 9.17) is 14.9 Å². The Morgan fingerprint density at radius 2 is 1.38 bits per heavy atom. The molecule has 0 amide bonds. The Bertz CT molecular complexity index is 651. The third-order valence-corrected chi connectivity index (χ3v) is 5.46. The van der Waals surface area contributed by atoms with Gasteiger partial charge < -0.3 is 20.3 Å². The van der Waals surface area contributed by atoms with Gasteiger partial charge in [0.25, 0.3) is 0 Å². The van der Waals surface area contributed by atoms with Gasteiger partial charge in [0.05, 0.1) is 5.56 Å². The third kappa shape index (κ3) is 14.1. The largest absolute Gasteiger partial charge is 0.479 e. The predicted octanol–water partition coefficient (Wildman–Crippen LogP) is 6.04. The lowest BCUT2D eigenvalue weighted by atomic mass is 9.89. The number of carbonyl (C=O) groups excluding carboxylic acids is 1. The SMILES string of the molecule is CC(C)(C)CCCCCCCCCCCCNc1ccc(C(=O)OCC(O)C(=O)O)cc1. The zero-order chi connectivity index (χ0) is 23.8. The van der Waals surface area contributed by atoms with Gasteiger partial charge in [0.2, 0.25) is 0 Å². The predicted molar refractivity (Wildman–Crippen MR) is 129 cm³/mol. The third-order valence-electron chi connectivity index (χ3n) is 5.46. The van der Waals surface area contributed by atoms with Crippen LogP contribution in [0.5, 0.6) is 0 Å². The fourth-order valence-corrected chi connectivity index (χ4v) is 3.46. The molecule has 0 heterocycles. The van der Waals surface area contributed by atoms with Gasteiger partial charge in [0, 0.05) is 12.2 Å². The second-order valence-electron chi connectivity index (χ2n) is 9.80. The minimum Gasteiger partial charge on any atom is -0.479 e. The molecule has 32 heavy (non-hydrogen) atoms. The number of carboxylic acids is 1. The molecule has 0 aliphatic carbocycles.